The smallest absolute Gasteiger partial charge is 0.324 e. The summed E-state index contributed by atoms with van der Waals surface area (Å²) in [7, 11) is 0. The van der Waals surface area contributed by atoms with Gasteiger partial charge < -0.3 is 14.7 Å². The van der Waals surface area contributed by atoms with Gasteiger partial charge in [-0.3, -0.25) is 9.59 Å². The zero-order valence-electron chi connectivity index (χ0n) is 14.6. The van der Waals surface area contributed by atoms with E-state index in [4.69, 9.17) is 9.57 Å². The van der Waals surface area contributed by atoms with Gasteiger partial charge in [-0.25, -0.2) is 0 Å². The Morgan fingerprint density at radius 2 is 1.71 bits per heavy atom. The topological polar surface area (TPSA) is 84.9 Å². The second-order valence-corrected chi connectivity index (χ2v) is 6.58. The second-order valence-electron chi connectivity index (χ2n) is 6.58. The van der Waals surface area contributed by atoms with Gasteiger partial charge in [0.1, 0.15) is 11.4 Å². The van der Waals surface area contributed by atoms with Gasteiger partial charge in [0.2, 0.25) is 0 Å². The summed E-state index contributed by atoms with van der Waals surface area (Å²) < 4.78 is 5.14. The summed E-state index contributed by atoms with van der Waals surface area (Å²) in [5.41, 5.74) is 3.10. The van der Waals surface area contributed by atoms with Crippen molar-refractivity contribution in [3.05, 3.63) is 29.8 Å². The number of phenolic OH excluding ortho intramolecular Hbond substituents is 1. The number of aromatic hydroxyl groups is 1. The van der Waals surface area contributed by atoms with Crippen molar-refractivity contribution in [1.82, 2.24) is 5.48 Å². The molecular formula is C18H27NO5. The van der Waals surface area contributed by atoms with Gasteiger partial charge in [-0.2, -0.15) is 5.48 Å². The lowest BCUT2D eigenvalue weighted by molar-refractivity contribution is -0.158. The molecule has 1 rings (SSSR count). The van der Waals surface area contributed by atoms with Crippen LogP contribution in [-0.4, -0.2) is 29.2 Å². The highest BCUT2D eigenvalue weighted by Gasteiger charge is 2.15. The van der Waals surface area contributed by atoms with Gasteiger partial charge >= 0.3 is 11.9 Å². The van der Waals surface area contributed by atoms with Crippen LogP contribution >= 0.6 is 0 Å². The van der Waals surface area contributed by atoms with Gasteiger partial charge in [0, 0.05) is 13.0 Å². The lowest BCUT2D eigenvalue weighted by atomic mass is 10.1. The number of hydrogen-bond donors (Lipinski definition) is 2. The average Bonchev–Trinajstić information content (AvgIpc) is 2.48. The maximum Gasteiger partial charge on any atom is 0.324 e. The van der Waals surface area contributed by atoms with Crippen LogP contribution in [0.25, 0.3) is 0 Å². The molecule has 0 amide bonds. The number of phenols is 1. The van der Waals surface area contributed by atoms with E-state index in [-0.39, 0.29) is 30.7 Å². The molecule has 0 atom stereocenters. The maximum absolute atomic E-state index is 11.5. The fraction of sp³-hybridized carbons (Fsp3) is 0.556. The molecule has 0 aliphatic heterocycles. The van der Waals surface area contributed by atoms with Gasteiger partial charge in [-0.1, -0.05) is 12.1 Å². The zero-order valence-corrected chi connectivity index (χ0v) is 14.6. The predicted octanol–water partition coefficient (Wildman–Crippen LogP) is 2.88. The molecule has 0 saturated heterocycles. The molecule has 134 valence electrons. The average molecular weight is 337 g/mol. The van der Waals surface area contributed by atoms with Gasteiger partial charge in [0.15, 0.2) is 0 Å². The molecule has 2 N–H and O–H groups in total. The molecule has 1 aromatic carbocycles. The molecule has 0 unspecified atom stereocenters. The van der Waals surface area contributed by atoms with E-state index in [0.29, 0.717) is 12.8 Å². The summed E-state index contributed by atoms with van der Waals surface area (Å²) >= 11 is 0. The Kier molecular flexibility index (Phi) is 8.26. The molecule has 0 spiro atoms. The quantitative estimate of drug-likeness (QED) is 0.409. The lowest BCUT2D eigenvalue weighted by Crippen LogP contribution is -2.27. The third kappa shape index (κ3) is 9.84. The van der Waals surface area contributed by atoms with E-state index in [2.05, 4.69) is 5.48 Å². The Balaban J connectivity index is 2.04. The van der Waals surface area contributed by atoms with Crippen LogP contribution in [0.5, 0.6) is 5.75 Å². The molecule has 0 fully saturated rings. The second kappa shape index (κ2) is 9.93. The van der Waals surface area contributed by atoms with E-state index < -0.39 is 5.60 Å². The first-order chi connectivity index (χ1) is 11.3. The number of carbonyl (C=O) groups is 2. The standard InChI is InChI=1S/C18H27NO5/c1-18(2,3)23-16(21)12-13-19-24-17(22)7-5-4-6-14-8-10-15(20)11-9-14/h8-11,19-20H,4-7,12-13H2,1-3H3. The minimum absolute atomic E-state index is 0.144. The molecule has 24 heavy (non-hydrogen) atoms. The number of benzene rings is 1. The van der Waals surface area contributed by atoms with Crippen molar-refractivity contribution in [2.75, 3.05) is 6.54 Å². The Morgan fingerprint density at radius 3 is 2.33 bits per heavy atom. The molecule has 0 aromatic heterocycles. The van der Waals surface area contributed by atoms with Crippen molar-refractivity contribution < 1.29 is 24.3 Å². The van der Waals surface area contributed by atoms with Gasteiger partial charge in [-0.15, -0.1) is 0 Å². The molecule has 0 bridgehead atoms. The molecule has 6 nitrogen and oxygen atoms in total. The zero-order chi connectivity index (χ0) is 18.0. The molecule has 1 aromatic rings. The number of ether oxygens (including phenoxy) is 1. The molecule has 0 saturated carbocycles. The Labute approximate surface area is 143 Å². The van der Waals surface area contributed by atoms with Gasteiger partial charge in [0.25, 0.3) is 0 Å². The van der Waals surface area contributed by atoms with E-state index in [1.54, 1.807) is 32.9 Å². The van der Waals surface area contributed by atoms with E-state index in [1.807, 2.05) is 12.1 Å². The first-order valence-electron chi connectivity index (χ1n) is 8.18. The summed E-state index contributed by atoms with van der Waals surface area (Å²) in [5, 5.41) is 9.20. The van der Waals surface area contributed by atoms with Crippen molar-refractivity contribution in [1.29, 1.82) is 0 Å². The van der Waals surface area contributed by atoms with Crippen LogP contribution in [0.1, 0.15) is 52.0 Å². The molecule has 0 aliphatic rings. The number of carbonyl (C=O) groups excluding carboxylic acids is 2. The van der Waals surface area contributed by atoms with E-state index >= 15 is 0 Å². The summed E-state index contributed by atoms with van der Waals surface area (Å²) in [6.07, 6.45) is 2.88. The molecule has 0 radical (unpaired) electrons. The van der Waals surface area contributed by atoms with Crippen molar-refractivity contribution in [3.8, 4) is 5.75 Å². The largest absolute Gasteiger partial charge is 0.508 e. The van der Waals surface area contributed by atoms with E-state index in [0.717, 1.165) is 18.4 Å². The number of nitrogens with one attached hydrogen (secondary N) is 1. The Hall–Kier alpha value is -2.08. The third-order valence-electron chi connectivity index (χ3n) is 3.07. The maximum atomic E-state index is 11.5. The fourth-order valence-corrected chi connectivity index (χ4v) is 1.99. The molecule has 0 aliphatic carbocycles. The summed E-state index contributed by atoms with van der Waals surface area (Å²) in [6, 6.07) is 7.04. The highest BCUT2D eigenvalue weighted by molar-refractivity contribution is 5.70. The summed E-state index contributed by atoms with van der Waals surface area (Å²) in [5.74, 6) is -0.426. The van der Waals surface area contributed by atoms with Crippen molar-refractivity contribution in [3.63, 3.8) is 0 Å². The monoisotopic (exact) mass is 337 g/mol. The minimum Gasteiger partial charge on any atom is -0.508 e. The van der Waals surface area contributed by atoms with Crippen molar-refractivity contribution in [2.45, 2.75) is 58.5 Å². The summed E-state index contributed by atoms with van der Waals surface area (Å²) in [4.78, 5) is 27.9. The van der Waals surface area contributed by atoms with Crippen LogP contribution in [0.2, 0.25) is 0 Å². The SMILES string of the molecule is CC(C)(C)OC(=O)CCNOC(=O)CCCCc1ccc(O)cc1. The van der Waals surface area contributed by atoms with Crippen LogP contribution in [0, 0.1) is 0 Å². The minimum atomic E-state index is -0.509. The van der Waals surface area contributed by atoms with Crippen molar-refractivity contribution >= 4 is 11.9 Å². The molecule has 6 heteroatoms. The number of rotatable bonds is 9. The number of esters is 1. The third-order valence-corrected chi connectivity index (χ3v) is 3.07. The van der Waals surface area contributed by atoms with E-state index in [9.17, 15) is 14.7 Å². The van der Waals surface area contributed by atoms with Gasteiger partial charge in [-0.05, 0) is 57.7 Å². The number of hydroxylamine groups is 1. The molecule has 0 heterocycles. The van der Waals surface area contributed by atoms with Crippen LogP contribution in [-0.2, 0) is 25.6 Å². The van der Waals surface area contributed by atoms with Crippen LogP contribution < -0.4 is 5.48 Å². The first kappa shape index (κ1) is 20.0. The number of hydrogen-bond acceptors (Lipinski definition) is 6. The molecular weight excluding hydrogens is 310 g/mol. The van der Waals surface area contributed by atoms with Crippen LogP contribution in [0.15, 0.2) is 24.3 Å². The Bertz CT molecular complexity index is 519. The fourth-order valence-electron chi connectivity index (χ4n) is 1.99. The summed E-state index contributed by atoms with van der Waals surface area (Å²) in [6.45, 7) is 5.64. The van der Waals surface area contributed by atoms with E-state index in [1.165, 1.54) is 0 Å². The first-order valence-corrected chi connectivity index (χ1v) is 8.18. The van der Waals surface area contributed by atoms with Crippen molar-refractivity contribution in [2.24, 2.45) is 0 Å². The highest BCUT2D eigenvalue weighted by Crippen LogP contribution is 2.12. The van der Waals surface area contributed by atoms with Gasteiger partial charge in [0.05, 0.1) is 6.42 Å². The van der Waals surface area contributed by atoms with Crippen LogP contribution in [0.4, 0.5) is 0 Å². The normalized spacial score (nSPS) is 11.1. The predicted molar refractivity (Wildman–Crippen MR) is 90.2 cm³/mol. The lowest BCUT2D eigenvalue weighted by Gasteiger charge is -2.19. The van der Waals surface area contributed by atoms with Crippen LogP contribution in [0.3, 0.4) is 0 Å². The number of aryl methyl sites for hydroxylation is 1. The number of unbranched alkanes of at least 4 members (excludes halogenated alkanes) is 1. The Morgan fingerprint density at radius 1 is 1.04 bits per heavy atom. The highest BCUT2D eigenvalue weighted by atomic mass is 16.7.